The molecular weight excluding hydrogens is 438 g/mol. The van der Waals surface area contributed by atoms with Gasteiger partial charge in [0.25, 0.3) is 0 Å². The lowest BCUT2D eigenvalue weighted by Gasteiger charge is -2.13. The predicted octanol–water partition coefficient (Wildman–Crippen LogP) is 3.87. The van der Waals surface area contributed by atoms with Crippen molar-refractivity contribution in [3.8, 4) is 0 Å². The lowest BCUT2D eigenvalue weighted by molar-refractivity contribution is -0.143. The van der Waals surface area contributed by atoms with E-state index in [1.54, 1.807) is 11.8 Å². The molecule has 0 aliphatic carbocycles. The van der Waals surface area contributed by atoms with Crippen LogP contribution in [0, 0.1) is 0 Å². The van der Waals surface area contributed by atoms with Crippen molar-refractivity contribution in [2.24, 2.45) is 0 Å². The van der Waals surface area contributed by atoms with Crippen molar-refractivity contribution in [1.29, 1.82) is 0 Å². The third-order valence-electron chi connectivity index (χ3n) is 4.61. The number of halogens is 1. The summed E-state index contributed by atoms with van der Waals surface area (Å²) in [5, 5.41) is 20.0. The number of nitrogens with one attached hydrogen (secondary N) is 1. The molecule has 31 heavy (non-hydrogen) atoms. The van der Waals surface area contributed by atoms with E-state index in [4.69, 9.17) is 21.8 Å². The topological polar surface area (TPSA) is 104 Å². The summed E-state index contributed by atoms with van der Waals surface area (Å²) in [6.07, 6.45) is 1.90. The first-order chi connectivity index (χ1) is 14.9. The standard InChI is InChI=1S/C19H20ClNOS.C4H6O4/c20-18-7-6-15-8-10-21-11-9-17(15)19(18)23-13-16(22)12-14-4-2-1-3-5-14;5-3(6)1-2-4(7)8/h1-7,21H,8-13H2;1-2H2,(H,5,6)(H,7,8). The molecule has 1 heterocycles. The van der Waals surface area contributed by atoms with Crippen LogP contribution in [-0.2, 0) is 33.6 Å². The number of rotatable bonds is 8. The number of carboxylic acid groups (broad SMARTS) is 2. The van der Waals surface area contributed by atoms with Gasteiger partial charge in [-0.1, -0.05) is 48.0 Å². The molecule has 6 nitrogen and oxygen atoms in total. The van der Waals surface area contributed by atoms with Crippen LogP contribution in [0.2, 0.25) is 5.02 Å². The van der Waals surface area contributed by atoms with Crippen LogP contribution >= 0.6 is 23.4 Å². The number of carbonyl (C=O) groups is 3. The van der Waals surface area contributed by atoms with Gasteiger partial charge in [-0.25, -0.2) is 0 Å². The summed E-state index contributed by atoms with van der Waals surface area (Å²) in [6, 6.07) is 14.0. The van der Waals surface area contributed by atoms with Gasteiger partial charge in [0.2, 0.25) is 0 Å². The van der Waals surface area contributed by atoms with Gasteiger partial charge in [0.1, 0.15) is 5.78 Å². The molecular formula is C23H26ClNO5S. The van der Waals surface area contributed by atoms with Gasteiger partial charge in [-0.15, -0.1) is 11.8 Å². The zero-order valence-electron chi connectivity index (χ0n) is 17.1. The lowest BCUT2D eigenvalue weighted by Crippen LogP contribution is -2.16. The second-order valence-electron chi connectivity index (χ2n) is 7.04. The summed E-state index contributed by atoms with van der Waals surface area (Å²) in [4.78, 5) is 32.6. The second kappa shape index (κ2) is 13.1. The Morgan fingerprint density at radius 1 is 0.935 bits per heavy atom. The van der Waals surface area contributed by atoms with E-state index in [-0.39, 0.29) is 18.6 Å². The molecule has 0 radical (unpaired) electrons. The number of carboxylic acids is 2. The number of aliphatic carboxylic acids is 2. The van der Waals surface area contributed by atoms with E-state index >= 15 is 0 Å². The number of fused-ring (bicyclic) bond motifs is 1. The Hall–Kier alpha value is -2.35. The van der Waals surface area contributed by atoms with Gasteiger partial charge in [0.15, 0.2) is 0 Å². The summed E-state index contributed by atoms with van der Waals surface area (Å²) in [6.45, 7) is 1.98. The lowest BCUT2D eigenvalue weighted by atomic mass is 10.0. The first kappa shape index (κ1) is 24.9. The smallest absolute Gasteiger partial charge is 0.303 e. The van der Waals surface area contributed by atoms with E-state index in [1.807, 2.05) is 36.4 Å². The average Bonchev–Trinajstić information content (AvgIpc) is 2.98. The SMILES string of the molecule is O=C(CSc1c(Cl)ccc2c1CCNCC2)Cc1ccccc1.O=C(O)CCC(=O)O. The van der Waals surface area contributed by atoms with Gasteiger partial charge in [0, 0.05) is 11.3 Å². The van der Waals surface area contributed by atoms with Crippen LogP contribution in [0.4, 0.5) is 0 Å². The van der Waals surface area contributed by atoms with Crippen LogP contribution in [-0.4, -0.2) is 46.8 Å². The molecule has 0 unspecified atom stereocenters. The second-order valence-corrected chi connectivity index (χ2v) is 8.43. The quantitative estimate of drug-likeness (QED) is 0.510. The number of Topliss-reactive ketones (excluding diaryl/α,β-unsaturated/α-hetero) is 1. The first-order valence-electron chi connectivity index (χ1n) is 9.99. The van der Waals surface area contributed by atoms with Crippen LogP contribution in [0.25, 0.3) is 0 Å². The minimum atomic E-state index is -1.08. The zero-order chi connectivity index (χ0) is 22.6. The summed E-state index contributed by atoms with van der Waals surface area (Å²) < 4.78 is 0. The van der Waals surface area contributed by atoms with Gasteiger partial charge in [-0.3, -0.25) is 14.4 Å². The van der Waals surface area contributed by atoms with E-state index in [2.05, 4.69) is 11.4 Å². The summed E-state index contributed by atoms with van der Waals surface area (Å²) in [5.41, 5.74) is 3.75. The third kappa shape index (κ3) is 9.12. The number of hydrogen-bond acceptors (Lipinski definition) is 5. The number of thioether (sulfide) groups is 1. The van der Waals surface area contributed by atoms with Gasteiger partial charge in [-0.2, -0.15) is 0 Å². The third-order valence-corrected chi connectivity index (χ3v) is 6.26. The van der Waals surface area contributed by atoms with E-state index in [1.165, 1.54) is 11.1 Å². The summed E-state index contributed by atoms with van der Waals surface area (Å²) in [5.74, 6) is -1.44. The Morgan fingerprint density at radius 2 is 1.58 bits per heavy atom. The van der Waals surface area contributed by atoms with Crippen molar-refractivity contribution in [2.75, 3.05) is 18.8 Å². The zero-order valence-corrected chi connectivity index (χ0v) is 18.7. The molecule has 0 atom stereocenters. The highest BCUT2D eigenvalue weighted by Crippen LogP contribution is 2.34. The Balaban J connectivity index is 0.000000366. The maximum absolute atomic E-state index is 12.3. The van der Waals surface area contributed by atoms with Crippen LogP contribution < -0.4 is 5.32 Å². The maximum atomic E-state index is 12.3. The first-order valence-corrected chi connectivity index (χ1v) is 11.4. The summed E-state index contributed by atoms with van der Waals surface area (Å²) in [7, 11) is 0. The van der Waals surface area contributed by atoms with Crippen LogP contribution in [0.3, 0.4) is 0 Å². The molecule has 0 saturated heterocycles. The predicted molar refractivity (Wildman–Crippen MR) is 122 cm³/mol. The molecule has 8 heteroatoms. The molecule has 0 bridgehead atoms. The minimum Gasteiger partial charge on any atom is -0.481 e. The summed E-state index contributed by atoms with van der Waals surface area (Å²) >= 11 is 7.99. The average molecular weight is 464 g/mol. The van der Waals surface area contributed by atoms with E-state index in [0.29, 0.717) is 12.2 Å². The van der Waals surface area contributed by atoms with E-state index in [9.17, 15) is 14.4 Å². The van der Waals surface area contributed by atoms with Crippen LogP contribution in [0.5, 0.6) is 0 Å². The van der Waals surface area contributed by atoms with Crippen molar-refractivity contribution in [1.82, 2.24) is 5.32 Å². The van der Waals surface area contributed by atoms with E-state index < -0.39 is 11.9 Å². The highest BCUT2D eigenvalue weighted by Gasteiger charge is 2.16. The minimum absolute atomic E-state index is 0.238. The fourth-order valence-electron chi connectivity index (χ4n) is 3.11. The molecule has 0 saturated carbocycles. The van der Waals surface area contributed by atoms with Gasteiger partial charge in [-0.05, 0) is 48.7 Å². The fourth-order valence-corrected chi connectivity index (χ4v) is 4.47. The molecule has 0 aromatic heterocycles. The number of benzene rings is 2. The van der Waals surface area contributed by atoms with E-state index in [0.717, 1.165) is 41.4 Å². The molecule has 3 rings (SSSR count). The molecule has 0 fully saturated rings. The fraction of sp³-hybridized carbons (Fsp3) is 0.348. The Labute approximate surface area is 191 Å². The highest BCUT2D eigenvalue weighted by atomic mass is 35.5. The van der Waals surface area contributed by atoms with Crippen molar-refractivity contribution < 1.29 is 24.6 Å². The Morgan fingerprint density at radius 3 is 2.23 bits per heavy atom. The molecule has 3 N–H and O–H groups in total. The monoisotopic (exact) mass is 463 g/mol. The number of ketones is 1. The highest BCUT2D eigenvalue weighted by molar-refractivity contribution is 8.00. The van der Waals surface area contributed by atoms with Crippen molar-refractivity contribution in [2.45, 2.75) is 37.0 Å². The number of hydrogen-bond donors (Lipinski definition) is 3. The molecule has 166 valence electrons. The normalized spacial score (nSPS) is 12.7. The molecule has 1 aliphatic rings. The maximum Gasteiger partial charge on any atom is 0.303 e. The van der Waals surface area contributed by atoms with Gasteiger partial charge >= 0.3 is 11.9 Å². The molecule has 2 aromatic rings. The van der Waals surface area contributed by atoms with Crippen LogP contribution in [0.15, 0.2) is 47.4 Å². The molecule has 1 aliphatic heterocycles. The van der Waals surface area contributed by atoms with Crippen molar-refractivity contribution in [3.05, 3.63) is 64.2 Å². The van der Waals surface area contributed by atoms with Crippen molar-refractivity contribution >= 4 is 41.1 Å². The molecule has 2 aromatic carbocycles. The Bertz CT molecular complexity index is 890. The molecule has 0 spiro atoms. The van der Waals surface area contributed by atoms with Crippen LogP contribution in [0.1, 0.15) is 29.5 Å². The largest absolute Gasteiger partial charge is 0.481 e. The Kier molecular flexibility index (Phi) is 10.6. The number of carbonyl (C=O) groups excluding carboxylic acids is 1. The van der Waals surface area contributed by atoms with Gasteiger partial charge in [0.05, 0.1) is 23.6 Å². The van der Waals surface area contributed by atoms with Crippen molar-refractivity contribution in [3.63, 3.8) is 0 Å². The molecule has 0 amide bonds. The van der Waals surface area contributed by atoms with Gasteiger partial charge < -0.3 is 15.5 Å².